The van der Waals surface area contributed by atoms with Crippen LogP contribution < -0.4 is 0 Å². The first kappa shape index (κ1) is 43.6. The van der Waals surface area contributed by atoms with E-state index in [0.717, 1.165) is 0 Å². The number of ketones is 4. The molecule has 4 aromatic carbocycles. The minimum absolute atomic E-state index is 0. The van der Waals surface area contributed by atoms with Crippen molar-refractivity contribution in [3.63, 3.8) is 0 Å². The van der Waals surface area contributed by atoms with E-state index in [1.807, 2.05) is 24.3 Å². The molecule has 0 fully saturated rings. The Hall–Kier alpha value is -5.41. The Bertz CT molecular complexity index is 1460. The Morgan fingerprint density at radius 2 is 0.490 bits per heavy atom. The van der Waals surface area contributed by atoms with Crippen LogP contribution in [0.5, 0.6) is 0 Å². The number of benzene rings is 4. The number of aliphatic hydroxyl groups excluding tert-OH is 4. The molecule has 0 aliphatic carbocycles. The van der Waals surface area contributed by atoms with Crippen LogP contribution in [0.4, 0.5) is 0 Å². The number of aliphatic hydroxyl groups is 4. The van der Waals surface area contributed by atoms with E-state index in [2.05, 4.69) is 0 Å². The molecule has 0 aromatic heterocycles. The molecule has 252 valence electrons. The summed E-state index contributed by atoms with van der Waals surface area (Å²) in [5, 5.41) is 37.3. The predicted octanol–water partition coefficient (Wildman–Crippen LogP) is 8.70. The van der Waals surface area contributed by atoms with Crippen molar-refractivity contribution in [2.45, 2.75) is 27.7 Å². The first-order valence-corrected chi connectivity index (χ1v) is 14.7. The first-order chi connectivity index (χ1) is 22.8. The fourth-order valence-electron chi connectivity index (χ4n) is 3.54. The number of carbonyl (C=O) groups is 4. The molecule has 0 unspecified atom stereocenters. The molecule has 0 heterocycles. The summed E-state index contributed by atoms with van der Waals surface area (Å²) >= 11 is 0. The Kier molecular flexibility index (Phi) is 22.0. The van der Waals surface area contributed by atoms with Crippen molar-refractivity contribution in [3.05, 3.63) is 168 Å². The van der Waals surface area contributed by atoms with Crippen molar-refractivity contribution in [2.75, 3.05) is 0 Å². The van der Waals surface area contributed by atoms with Gasteiger partial charge in [-0.05, 0) is 27.7 Å². The third-order valence-corrected chi connectivity index (χ3v) is 5.64. The normalized spacial score (nSPS) is 11.0. The molecular weight excluding hydrogens is 787 g/mol. The van der Waals surface area contributed by atoms with Gasteiger partial charge in [-0.1, -0.05) is 121 Å². The van der Waals surface area contributed by atoms with Gasteiger partial charge in [-0.2, -0.15) is 0 Å². The number of hydrogen-bond acceptors (Lipinski definition) is 8. The van der Waals surface area contributed by atoms with Gasteiger partial charge in [0.15, 0.2) is 23.1 Å². The van der Waals surface area contributed by atoms with E-state index in [1.165, 1.54) is 52.0 Å². The third kappa shape index (κ3) is 20.4. The van der Waals surface area contributed by atoms with Gasteiger partial charge in [-0.25, -0.2) is 0 Å². The van der Waals surface area contributed by atoms with E-state index in [0.29, 0.717) is 22.3 Å². The average Bonchev–Trinajstić information content (AvgIpc) is 3.06. The van der Waals surface area contributed by atoms with E-state index in [9.17, 15) is 39.6 Å². The molecule has 0 saturated carbocycles. The fraction of sp³-hybridized carbons (Fsp3) is 0.100. The second-order valence-corrected chi connectivity index (χ2v) is 10.0. The first-order valence-electron chi connectivity index (χ1n) is 14.7. The summed E-state index contributed by atoms with van der Waals surface area (Å²) in [6, 6.07) is 35.8. The van der Waals surface area contributed by atoms with Crippen molar-refractivity contribution in [2.24, 2.45) is 0 Å². The van der Waals surface area contributed by atoms with Crippen LogP contribution in [0.1, 0.15) is 49.9 Å². The van der Waals surface area contributed by atoms with Crippen molar-refractivity contribution >= 4 is 46.2 Å². The molecule has 0 spiro atoms. The minimum atomic E-state index is -0.156. The standard InChI is InChI=1S/4C10H10O2.Hf/c4*1-8(11)7-10(12)9-5-3-2-4-6-9;/h4*2-7,12H,1H3;/b4*10-7-;. The van der Waals surface area contributed by atoms with Gasteiger partial charge >= 0.3 is 0 Å². The Labute approximate surface area is 305 Å². The van der Waals surface area contributed by atoms with Crippen molar-refractivity contribution in [3.8, 4) is 0 Å². The molecule has 8 nitrogen and oxygen atoms in total. The summed E-state index contributed by atoms with van der Waals surface area (Å²) in [6.07, 6.45) is 4.81. The SMILES string of the molecule is CC(=O)/C=C(\O)c1ccccc1.CC(=O)/C=C(\O)c1ccccc1.CC(=O)/C=C(\O)c1ccccc1.CC(=O)/C=C(\O)c1ccccc1.[Hf]. The van der Waals surface area contributed by atoms with Crippen LogP contribution in [0, 0.1) is 0 Å². The van der Waals surface area contributed by atoms with Crippen molar-refractivity contribution in [1.29, 1.82) is 0 Å². The largest absolute Gasteiger partial charge is 0.507 e. The summed E-state index contributed by atoms with van der Waals surface area (Å²) in [4.78, 5) is 42.4. The summed E-state index contributed by atoms with van der Waals surface area (Å²) < 4.78 is 0. The van der Waals surface area contributed by atoms with Gasteiger partial charge < -0.3 is 20.4 Å². The van der Waals surface area contributed by atoms with Gasteiger partial charge in [-0.3, -0.25) is 19.2 Å². The second-order valence-electron chi connectivity index (χ2n) is 10.0. The van der Waals surface area contributed by atoms with Crippen LogP contribution in [0.25, 0.3) is 23.0 Å². The third-order valence-electron chi connectivity index (χ3n) is 5.64. The average molecular weight is 827 g/mol. The van der Waals surface area contributed by atoms with Gasteiger partial charge in [0.05, 0.1) is 0 Å². The Morgan fingerprint density at radius 1 is 0.347 bits per heavy atom. The summed E-state index contributed by atoms with van der Waals surface area (Å²) in [6.45, 7) is 5.61. The molecule has 0 bridgehead atoms. The maximum absolute atomic E-state index is 10.6. The topological polar surface area (TPSA) is 149 Å². The van der Waals surface area contributed by atoms with E-state index in [1.54, 1.807) is 97.1 Å². The molecule has 0 amide bonds. The van der Waals surface area contributed by atoms with Gasteiger partial charge in [0.1, 0.15) is 23.0 Å². The molecular formula is C40H40HfO8. The minimum Gasteiger partial charge on any atom is -0.507 e. The molecule has 49 heavy (non-hydrogen) atoms. The van der Waals surface area contributed by atoms with E-state index in [-0.39, 0.29) is 72.0 Å². The number of hydrogen-bond donors (Lipinski definition) is 4. The van der Waals surface area contributed by atoms with Crippen LogP contribution in [0.3, 0.4) is 0 Å². The molecule has 9 heteroatoms. The Morgan fingerprint density at radius 3 is 0.612 bits per heavy atom. The smallest absolute Gasteiger partial charge is 0.156 e. The van der Waals surface area contributed by atoms with Gasteiger partial charge in [0.2, 0.25) is 0 Å². The van der Waals surface area contributed by atoms with E-state index < -0.39 is 0 Å². The van der Waals surface area contributed by atoms with Crippen LogP contribution in [-0.2, 0) is 45.0 Å². The zero-order valence-corrected chi connectivity index (χ0v) is 31.4. The van der Waals surface area contributed by atoms with Gasteiger partial charge in [0.25, 0.3) is 0 Å². The monoisotopic (exact) mass is 828 g/mol. The molecule has 0 aliphatic heterocycles. The maximum atomic E-state index is 10.6. The zero-order valence-electron chi connectivity index (χ0n) is 27.8. The molecule has 0 saturated heterocycles. The quantitative estimate of drug-likeness (QED) is 0.0784. The van der Waals surface area contributed by atoms with Crippen LogP contribution in [0.2, 0.25) is 0 Å². The van der Waals surface area contributed by atoms with E-state index in [4.69, 9.17) is 0 Å². The number of allylic oxidation sites excluding steroid dienone is 4. The fourth-order valence-corrected chi connectivity index (χ4v) is 3.54. The zero-order chi connectivity index (χ0) is 35.9. The molecule has 4 aromatic rings. The summed E-state index contributed by atoms with van der Waals surface area (Å²) in [7, 11) is 0. The second kappa shape index (κ2) is 24.7. The molecule has 4 N–H and O–H groups in total. The predicted molar refractivity (Wildman–Crippen MR) is 191 cm³/mol. The van der Waals surface area contributed by atoms with Gasteiger partial charge in [-0.15, -0.1) is 0 Å². The summed E-state index contributed by atoms with van der Waals surface area (Å²) in [5.74, 6) is -0.558. The van der Waals surface area contributed by atoms with Crippen LogP contribution in [0.15, 0.2) is 146 Å². The molecule has 0 aliphatic rings. The number of carbonyl (C=O) groups excluding carboxylic acids is 4. The summed E-state index contributed by atoms with van der Waals surface area (Å²) in [5.41, 5.74) is 2.64. The van der Waals surface area contributed by atoms with Crippen LogP contribution >= 0.6 is 0 Å². The van der Waals surface area contributed by atoms with Crippen molar-refractivity contribution in [1.82, 2.24) is 0 Å². The molecule has 4 rings (SSSR count). The number of rotatable bonds is 8. The van der Waals surface area contributed by atoms with E-state index >= 15 is 0 Å². The maximum Gasteiger partial charge on any atom is 0.156 e. The molecule has 0 radical (unpaired) electrons. The Balaban J connectivity index is 0.000000623. The van der Waals surface area contributed by atoms with Gasteiger partial charge in [0, 0.05) is 72.4 Å². The van der Waals surface area contributed by atoms with Crippen molar-refractivity contribution < 1.29 is 65.4 Å². The van der Waals surface area contributed by atoms with Crippen LogP contribution in [-0.4, -0.2) is 43.6 Å². The molecule has 0 atom stereocenters.